The Balaban J connectivity index is 1.55. The SMILES string of the molecule is COC(=O)C1C=CC(C2c3[nH]c4ccc(Br)cc4c3CCN2C(=O)Oc2ccc(F)cc2)=CC1C. The normalized spacial score (nSPS) is 21.4. The van der Waals surface area contributed by atoms with Crippen LogP contribution in [0.3, 0.4) is 0 Å². The lowest BCUT2D eigenvalue weighted by molar-refractivity contribution is -0.144. The number of amides is 1. The number of hydrogen-bond acceptors (Lipinski definition) is 4. The molecule has 2 aromatic carbocycles. The van der Waals surface area contributed by atoms with Crippen molar-refractivity contribution in [3.05, 3.63) is 87.8 Å². The van der Waals surface area contributed by atoms with Gasteiger partial charge in [0.1, 0.15) is 17.6 Å². The number of hydrogen-bond donors (Lipinski definition) is 1. The van der Waals surface area contributed by atoms with E-state index in [9.17, 15) is 14.0 Å². The van der Waals surface area contributed by atoms with Crippen molar-refractivity contribution in [2.75, 3.05) is 13.7 Å². The molecular formula is C27H24BrFN2O4. The highest BCUT2D eigenvalue weighted by Crippen LogP contribution is 2.42. The number of esters is 1. The second-order valence-electron chi connectivity index (χ2n) is 8.81. The molecule has 0 spiro atoms. The summed E-state index contributed by atoms with van der Waals surface area (Å²) in [5.41, 5.74) is 3.94. The Labute approximate surface area is 210 Å². The number of fused-ring (bicyclic) bond motifs is 3. The number of aromatic amines is 1. The summed E-state index contributed by atoms with van der Waals surface area (Å²) in [5, 5.41) is 1.10. The maximum Gasteiger partial charge on any atom is 0.416 e. The van der Waals surface area contributed by atoms with Gasteiger partial charge in [0.25, 0.3) is 0 Å². The lowest BCUT2D eigenvalue weighted by Crippen LogP contribution is -2.42. The standard InChI is InChI=1S/C27H24BrFN2O4/c1-15-13-16(3-9-20(15)26(32)34-2)25-24-21(22-14-17(28)4-10-23(22)30-24)11-12-31(25)27(33)35-19-7-5-18(29)6-8-19/h3-10,13-15,20,25,30H,11-12H2,1-2H3. The van der Waals surface area contributed by atoms with E-state index in [0.717, 1.165) is 32.2 Å². The third-order valence-corrected chi connectivity index (χ3v) is 7.14. The Morgan fingerprint density at radius 1 is 1.17 bits per heavy atom. The summed E-state index contributed by atoms with van der Waals surface area (Å²) in [4.78, 5) is 30.7. The molecule has 1 amide bonds. The molecule has 8 heteroatoms. The van der Waals surface area contributed by atoms with Crippen molar-refractivity contribution in [3.8, 4) is 5.75 Å². The molecule has 1 aromatic heterocycles. The van der Waals surface area contributed by atoms with Crippen LogP contribution in [0.4, 0.5) is 9.18 Å². The first kappa shape index (κ1) is 23.4. The van der Waals surface area contributed by atoms with Crippen LogP contribution in [0.15, 0.2) is 70.7 Å². The van der Waals surface area contributed by atoms with Crippen LogP contribution in [0.2, 0.25) is 0 Å². The third kappa shape index (κ3) is 4.38. The second-order valence-corrected chi connectivity index (χ2v) is 9.72. The van der Waals surface area contributed by atoms with Crippen LogP contribution in [0, 0.1) is 17.7 Å². The lowest BCUT2D eigenvalue weighted by atomic mass is 9.82. The molecule has 0 radical (unpaired) electrons. The molecular weight excluding hydrogens is 515 g/mol. The molecule has 35 heavy (non-hydrogen) atoms. The van der Waals surface area contributed by atoms with Gasteiger partial charge in [-0.3, -0.25) is 9.69 Å². The van der Waals surface area contributed by atoms with Crippen LogP contribution < -0.4 is 4.74 Å². The van der Waals surface area contributed by atoms with Crippen LogP contribution in [-0.2, 0) is 16.0 Å². The average molecular weight is 539 g/mol. The van der Waals surface area contributed by atoms with E-state index >= 15 is 0 Å². The van der Waals surface area contributed by atoms with E-state index in [-0.39, 0.29) is 23.6 Å². The fourth-order valence-electron chi connectivity index (χ4n) is 4.93. The van der Waals surface area contributed by atoms with Crippen molar-refractivity contribution in [1.29, 1.82) is 0 Å². The molecule has 180 valence electrons. The molecule has 1 N–H and O–H groups in total. The smallest absolute Gasteiger partial charge is 0.416 e. The molecule has 5 rings (SSSR count). The van der Waals surface area contributed by atoms with E-state index in [1.807, 2.05) is 37.3 Å². The topological polar surface area (TPSA) is 71.6 Å². The minimum atomic E-state index is -0.524. The summed E-state index contributed by atoms with van der Waals surface area (Å²) in [6, 6.07) is 11.0. The Hall–Kier alpha value is -3.39. The number of ether oxygens (including phenoxy) is 2. The van der Waals surface area contributed by atoms with Gasteiger partial charge in [-0.1, -0.05) is 41.1 Å². The van der Waals surface area contributed by atoms with Gasteiger partial charge in [-0.25, -0.2) is 9.18 Å². The van der Waals surface area contributed by atoms with Gasteiger partial charge < -0.3 is 14.5 Å². The summed E-state index contributed by atoms with van der Waals surface area (Å²) < 4.78 is 24.9. The quantitative estimate of drug-likeness (QED) is 0.409. The number of methoxy groups -OCH3 is 1. The minimum absolute atomic E-state index is 0.110. The highest BCUT2D eigenvalue weighted by atomic mass is 79.9. The number of nitrogens with one attached hydrogen (secondary N) is 1. The number of carbonyl (C=O) groups excluding carboxylic acids is 2. The van der Waals surface area contributed by atoms with Crippen molar-refractivity contribution in [3.63, 3.8) is 0 Å². The number of allylic oxidation sites excluding steroid dienone is 1. The number of nitrogens with zero attached hydrogens (tertiary/aromatic N) is 1. The molecule has 2 aliphatic rings. The Morgan fingerprint density at radius 3 is 2.66 bits per heavy atom. The van der Waals surface area contributed by atoms with Crippen LogP contribution in [0.1, 0.15) is 24.2 Å². The first-order valence-electron chi connectivity index (χ1n) is 11.4. The monoisotopic (exact) mass is 538 g/mol. The van der Waals surface area contributed by atoms with E-state index in [0.29, 0.717) is 13.0 Å². The molecule has 0 bridgehead atoms. The van der Waals surface area contributed by atoms with Crippen molar-refractivity contribution >= 4 is 38.9 Å². The first-order valence-corrected chi connectivity index (χ1v) is 12.2. The van der Waals surface area contributed by atoms with Gasteiger partial charge in [-0.05, 0) is 65.9 Å². The average Bonchev–Trinajstić information content (AvgIpc) is 3.22. The number of rotatable bonds is 3. The zero-order chi connectivity index (χ0) is 24.7. The molecule has 6 nitrogen and oxygen atoms in total. The van der Waals surface area contributed by atoms with Crippen molar-refractivity contribution in [2.45, 2.75) is 19.4 Å². The van der Waals surface area contributed by atoms with E-state index in [1.165, 1.54) is 31.4 Å². The number of halogens is 2. The van der Waals surface area contributed by atoms with Crippen molar-refractivity contribution < 1.29 is 23.5 Å². The summed E-state index contributed by atoms with van der Waals surface area (Å²) in [7, 11) is 1.38. The maximum absolute atomic E-state index is 13.3. The van der Waals surface area contributed by atoms with Gasteiger partial charge in [0.15, 0.2) is 0 Å². The minimum Gasteiger partial charge on any atom is -0.469 e. The molecule has 3 aromatic rings. The highest BCUT2D eigenvalue weighted by molar-refractivity contribution is 9.10. The van der Waals surface area contributed by atoms with E-state index in [2.05, 4.69) is 27.0 Å². The van der Waals surface area contributed by atoms with Crippen LogP contribution in [0.5, 0.6) is 5.75 Å². The lowest BCUT2D eigenvalue weighted by Gasteiger charge is -2.37. The Morgan fingerprint density at radius 2 is 1.94 bits per heavy atom. The van der Waals surface area contributed by atoms with E-state index in [4.69, 9.17) is 9.47 Å². The Kier molecular flexibility index (Phi) is 6.23. The molecule has 0 saturated heterocycles. The van der Waals surface area contributed by atoms with Gasteiger partial charge in [0, 0.05) is 27.6 Å². The van der Waals surface area contributed by atoms with Crippen LogP contribution in [0.25, 0.3) is 10.9 Å². The first-order chi connectivity index (χ1) is 16.9. The zero-order valence-electron chi connectivity index (χ0n) is 19.3. The predicted octanol–water partition coefficient (Wildman–Crippen LogP) is 6.09. The number of benzene rings is 2. The van der Waals surface area contributed by atoms with E-state index in [1.54, 1.807) is 4.90 Å². The van der Waals surface area contributed by atoms with Crippen LogP contribution >= 0.6 is 15.9 Å². The molecule has 3 atom stereocenters. The Bertz CT molecular complexity index is 1360. The maximum atomic E-state index is 13.3. The largest absolute Gasteiger partial charge is 0.469 e. The summed E-state index contributed by atoms with van der Waals surface area (Å²) in [6.45, 7) is 2.40. The summed E-state index contributed by atoms with van der Waals surface area (Å²) >= 11 is 3.56. The van der Waals surface area contributed by atoms with E-state index < -0.39 is 18.0 Å². The number of carbonyl (C=O) groups is 2. The van der Waals surface area contributed by atoms with Gasteiger partial charge in [0.05, 0.1) is 13.0 Å². The third-order valence-electron chi connectivity index (χ3n) is 6.65. The predicted molar refractivity (Wildman–Crippen MR) is 133 cm³/mol. The molecule has 3 unspecified atom stereocenters. The fraction of sp³-hybridized carbons (Fsp3) is 0.259. The summed E-state index contributed by atoms with van der Waals surface area (Å²) in [5.74, 6) is -0.919. The van der Waals surface area contributed by atoms with Gasteiger partial charge in [-0.2, -0.15) is 0 Å². The fourth-order valence-corrected chi connectivity index (χ4v) is 5.29. The number of aromatic nitrogens is 1. The van der Waals surface area contributed by atoms with Crippen LogP contribution in [-0.4, -0.2) is 35.6 Å². The van der Waals surface area contributed by atoms with Crippen molar-refractivity contribution in [1.82, 2.24) is 9.88 Å². The van der Waals surface area contributed by atoms with Gasteiger partial charge in [-0.15, -0.1) is 0 Å². The van der Waals surface area contributed by atoms with Crippen molar-refractivity contribution in [2.24, 2.45) is 11.8 Å². The molecule has 0 fully saturated rings. The zero-order valence-corrected chi connectivity index (χ0v) is 20.8. The summed E-state index contributed by atoms with van der Waals surface area (Å²) in [6.07, 6.45) is 5.87. The highest BCUT2D eigenvalue weighted by Gasteiger charge is 2.38. The molecule has 1 aliphatic carbocycles. The van der Waals surface area contributed by atoms with Gasteiger partial charge in [0.2, 0.25) is 0 Å². The molecule has 1 aliphatic heterocycles. The van der Waals surface area contributed by atoms with Gasteiger partial charge >= 0.3 is 12.1 Å². The second kappa shape index (κ2) is 9.34. The molecule has 2 heterocycles. The molecule has 0 saturated carbocycles. The number of H-pyrrole nitrogens is 1.